The van der Waals surface area contributed by atoms with Crippen molar-refractivity contribution >= 4 is 0 Å². The van der Waals surface area contributed by atoms with Crippen LogP contribution in [0.1, 0.15) is 23.7 Å². The molecule has 0 spiro atoms. The minimum absolute atomic E-state index is 0.179. The Morgan fingerprint density at radius 3 is 2.77 bits per heavy atom. The van der Waals surface area contributed by atoms with E-state index in [1.807, 2.05) is 6.07 Å². The van der Waals surface area contributed by atoms with Crippen LogP contribution >= 0.6 is 0 Å². The van der Waals surface area contributed by atoms with Crippen LogP contribution < -0.4 is 9.47 Å². The Labute approximate surface area is 128 Å². The van der Waals surface area contributed by atoms with Crippen LogP contribution in [-0.4, -0.2) is 11.4 Å². The average molecular weight is 289 g/mol. The fraction of sp³-hybridized carbons (Fsp3) is 0.158. The van der Waals surface area contributed by atoms with E-state index in [-0.39, 0.29) is 5.41 Å². The summed E-state index contributed by atoms with van der Waals surface area (Å²) >= 11 is 0. The normalized spacial score (nSPS) is 20.8. The second-order valence-electron chi connectivity index (χ2n) is 5.97. The minimum Gasteiger partial charge on any atom is -0.454 e. The predicted molar refractivity (Wildman–Crippen MR) is 83.9 cm³/mol. The van der Waals surface area contributed by atoms with Gasteiger partial charge in [-0.25, -0.2) is 0 Å². The van der Waals surface area contributed by atoms with E-state index < -0.39 is 0 Å². The van der Waals surface area contributed by atoms with E-state index in [9.17, 15) is 0 Å². The van der Waals surface area contributed by atoms with E-state index in [0.717, 1.165) is 11.5 Å². The summed E-state index contributed by atoms with van der Waals surface area (Å²) in [6.07, 6.45) is 2.13. The second kappa shape index (κ2) is 3.95. The number of aromatic nitrogens is 1. The number of hydrogen-bond donors (Lipinski definition) is 0. The van der Waals surface area contributed by atoms with Crippen LogP contribution in [-0.2, 0) is 5.41 Å². The van der Waals surface area contributed by atoms with Crippen molar-refractivity contribution in [2.45, 2.75) is 12.3 Å². The first-order valence-electron chi connectivity index (χ1n) is 7.46. The fourth-order valence-electron chi connectivity index (χ4n) is 3.75. The molecule has 2 aliphatic rings. The van der Waals surface area contributed by atoms with E-state index in [1.165, 1.54) is 22.5 Å². The van der Waals surface area contributed by atoms with Gasteiger partial charge in [0.05, 0.1) is 5.41 Å². The molecule has 2 aromatic carbocycles. The third-order valence-electron chi connectivity index (χ3n) is 4.91. The second-order valence-corrected chi connectivity index (χ2v) is 5.97. The molecular formula is C19H15NO2. The van der Waals surface area contributed by atoms with Gasteiger partial charge in [0.1, 0.15) is 0 Å². The van der Waals surface area contributed by atoms with Crippen LogP contribution in [0, 0.1) is 0 Å². The Bertz CT molecular complexity index is 896. The molecule has 0 aliphatic carbocycles. The molecule has 0 fully saturated rings. The lowest BCUT2D eigenvalue weighted by atomic mass is 9.75. The van der Waals surface area contributed by atoms with E-state index in [2.05, 4.69) is 66.2 Å². The van der Waals surface area contributed by atoms with Gasteiger partial charge in [0, 0.05) is 17.6 Å². The molecular weight excluding hydrogens is 274 g/mol. The predicted octanol–water partition coefficient (Wildman–Crippen LogP) is 3.87. The van der Waals surface area contributed by atoms with Gasteiger partial charge in [0.2, 0.25) is 6.79 Å². The molecule has 2 aliphatic heterocycles. The fourth-order valence-corrected chi connectivity index (χ4v) is 3.75. The van der Waals surface area contributed by atoms with Crippen LogP contribution in [0.5, 0.6) is 11.5 Å². The summed E-state index contributed by atoms with van der Waals surface area (Å²) in [6.45, 7) is 2.59. The Kier molecular flexibility index (Phi) is 2.14. The number of hydrogen-bond acceptors (Lipinski definition) is 2. The molecule has 3 nitrogen and oxygen atoms in total. The molecule has 0 bridgehead atoms. The highest BCUT2D eigenvalue weighted by Crippen LogP contribution is 2.49. The highest BCUT2D eigenvalue weighted by molar-refractivity contribution is 5.64. The number of fused-ring (bicyclic) bond motifs is 4. The number of rotatable bonds is 1. The van der Waals surface area contributed by atoms with Gasteiger partial charge in [-0.3, -0.25) is 0 Å². The van der Waals surface area contributed by atoms with Gasteiger partial charge in [0.15, 0.2) is 11.5 Å². The van der Waals surface area contributed by atoms with Crippen molar-refractivity contribution in [1.29, 1.82) is 0 Å². The molecule has 22 heavy (non-hydrogen) atoms. The Morgan fingerprint density at radius 2 is 1.82 bits per heavy atom. The molecule has 0 N–H and O–H groups in total. The van der Waals surface area contributed by atoms with Crippen molar-refractivity contribution in [1.82, 2.24) is 4.57 Å². The summed E-state index contributed by atoms with van der Waals surface area (Å²) in [7, 11) is 0. The highest BCUT2D eigenvalue weighted by Gasteiger charge is 2.41. The molecule has 108 valence electrons. The number of ether oxygens (including phenoxy) is 2. The standard InChI is InChI=1S/C19H15NO2/c1-19(13-8-9-16-17(11-13)22-12-21-16)14-5-2-3-6-15(14)20-10-4-7-18(19)20/h2-11H,12H2,1H3. The third-order valence-corrected chi connectivity index (χ3v) is 4.91. The Hall–Kier alpha value is -2.68. The van der Waals surface area contributed by atoms with Crippen molar-refractivity contribution in [3.63, 3.8) is 0 Å². The van der Waals surface area contributed by atoms with E-state index >= 15 is 0 Å². The van der Waals surface area contributed by atoms with Gasteiger partial charge in [-0.15, -0.1) is 0 Å². The van der Waals surface area contributed by atoms with Crippen molar-refractivity contribution in [3.05, 3.63) is 77.6 Å². The van der Waals surface area contributed by atoms with Crippen LogP contribution in [0.15, 0.2) is 60.8 Å². The van der Waals surface area contributed by atoms with Gasteiger partial charge < -0.3 is 14.0 Å². The summed E-state index contributed by atoms with van der Waals surface area (Å²) in [5, 5.41) is 0. The zero-order valence-electron chi connectivity index (χ0n) is 12.2. The topological polar surface area (TPSA) is 23.4 Å². The number of nitrogens with zero attached hydrogens (tertiary/aromatic N) is 1. The number of para-hydroxylation sites is 1. The van der Waals surface area contributed by atoms with Crippen LogP contribution in [0.3, 0.4) is 0 Å². The van der Waals surface area contributed by atoms with E-state index in [4.69, 9.17) is 9.47 Å². The molecule has 3 heteroatoms. The smallest absolute Gasteiger partial charge is 0.231 e. The molecule has 3 heterocycles. The van der Waals surface area contributed by atoms with Gasteiger partial charge in [-0.1, -0.05) is 24.3 Å². The lowest BCUT2D eigenvalue weighted by Crippen LogP contribution is -2.22. The zero-order chi connectivity index (χ0) is 14.7. The summed E-state index contributed by atoms with van der Waals surface area (Å²) in [5.74, 6) is 1.66. The van der Waals surface area contributed by atoms with Gasteiger partial charge in [-0.05, 0) is 48.4 Å². The zero-order valence-corrected chi connectivity index (χ0v) is 12.2. The van der Waals surface area contributed by atoms with Crippen LogP contribution in [0.25, 0.3) is 5.69 Å². The van der Waals surface area contributed by atoms with E-state index in [0.29, 0.717) is 6.79 Å². The van der Waals surface area contributed by atoms with Crippen molar-refractivity contribution < 1.29 is 9.47 Å². The molecule has 0 saturated carbocycles. The summed E-state index contributed by atoms with van der Waals surface area (Å²) in [5.41, 5.74) is 4.91. The van der Waals surface area contributed by atoms with Gasteiger partial charge in [0.25, 0.3) is 0 Å². The average Bonchev–Trinajstić information content (AvgIpc) is 3.25. The van der Waals surface area contributed by atoms with Crippen molar-refractivity contribution in [2.75, 3.05) is 6.79 Å². The Morgan fingerprint density at radius 1 is 0.955 bits per heavy atom. The molecule has 1 unspecified atom stereocenters. The van der Waals surface area contributed by atoms with Crippen LogP contribution in [0.4, 0.5) is 0 Å². The molecule has 0 radical (unpaired) electrons. The lowest BCUT2D eigenvalue weighted by molar-refractivity contribution is 0.174. The minimum atomic E-state index is -0.179. The van der Waals surface area contributed by atoms with E-state index in [1.54, 1.807) is 0 Å². The SMILES string of the molecule is CC1(c2ccc3c(c2)OCO3)c2ccccc2-n2cccc21. The van der Waals surface area contributed by atoms with Crippen molar-refractivity contribution in [2.24, 2.45) is 0 Å². The first-order chi connectivity index (χ1) is 10.8. The maximum atomic E-state index is 5.57. The highest BCUT2D eigenvalue weighted by atomic mass is 16.7. The molecule has 5 rings (SSSR count). The Balaban J connectivity index is 1.80. The molecule has 3 aromatic rings. The first-order valence-corrected chi connectivity index (χ1v) is 7.46. The molecule has 0 amide bonds. The lowest BCUT2D eigenvalue weighted by Gasteiger charge is -2.26. The summed E-state index contributed by atoms with van der Waals surface area (Å²) < 4.78 is 13.3. The van der Waals surface area contributed by atoms with Gasteiger partial charge >= 0.3 is 0 Å². The largest absolute Gasteiger partial charge is 0.454 e. The van der Waals surface area contributed by atoms with Crippen LogP contribution in [0.2, 0.25) is 0 Å². The maximum Gasteiger partial charge on any atom is 0.231 e. The maximum absolute atomic E-state index is 5.57. The molecule has 1 aromatic heterocycles. The quantitative estimate of drug-likeness (QED) is 0.679. The van der Waals surface area contributed by atoms with Gasteiger partial charge in [-0.2, -0.15) is 0 Å². The third kappa shape index (κ3) is 1.31. The monoisotopic (exact) mass is 289 g/mol. The first kappa shape index (κ1) is 11.9. The molecule has 0 saturated heterocycles. The summed E-state index contributed by atoms with van der Waals surface area (Å²) in [6, 6.07) is 19.2. The molecule has 1 atom stereocenters. The summed E-state index contributed by atoms with van der Waals surface area (Å²) in [4.78, 5) is 0. The van der Waals surface area contributed by atoms with Crippen molar-refractivity contribution in [3.8, 4) is 17.2 Å². The number of benzene rings is 2.